The number of thioether (sulfide) groups is 1. The van der Waals surface area contributed by atoms with Crippen molar-refractivity contribution in [2.75, 3.05) is 11.1 Å². The first kappa shape index (κ1) is 12.3. The molecule has 2 N–H and O–H groups in total. The summed E-state index contributed by atoms with van der Waals surface area (Å²) in [5.41, 5.74) is 4.28. The van der Waals surface area contributed by atoms with E-state index in [1.54, 1.807) is 11.8 Å². The number of hydrogen-bond acceptors (Lipinski definition) is 4. The molecule has 100 valence electrons. The fraction of sp³-hybridized carbons (Fsp3) is 0.417. The van der Waals surface area contributed by atoms with Gasteiger partial charge >= 0.3 is 0 Å². The van der Waals surface area contributed by atoms with Crippen LogP contribution in [-0.4, -0.2) is 31.6 Å². The highest BCUT2D eigenvalue weighted by Gasteiger charge is 2.30. The molecule has 0 saturated carbocycles. The molecule has 1 amide bonds. The molecular formula is C12H15N5OS. The van der Waals surface area contributed by atoms with Gasteiger partial charge in [0, 0.05) is 29.6 Å². The van der Waals surface area contributed by atoms with E-state index in [-0.39, 0.29) is 11.2 Å². The Morgan fingerprint density at radius 1 is 1.47 bits per heavy atom. The van der Waals surface area contributed by atoms with Gasteiger partial charge in [0.15, 0.2) is 5.82 Å². The minimum atomic E-state index is -0.0122. The van der Waals surface area contributed by atoms with Crippen LogP contribution in [0.25, 0.3) is 0 Å². The van der Waals surface area contributed by atoms with E-state index in [0.29, 0.717) is 11.6 Å². The molecule has 6 nitrogen and oxygen atoms in total. The third-order valence-electron chi connectivity index (χ3n) is 3.45. The van der Waals surface area contributed by atoms with Crippen LogP contribution in [0, 0.1) is 13.8 Å². The maximum absolute atomic E-state index is 11.7. The van der Waals surface area contributed by atoms with Gasteiger partial charge in [0.1, 0.15) is 0 Å². The number of carbonyl (C=O) groups excluding carboxylic acids is 1. The summed E-state index contributed by atoms with van der Waals surface area (Å²) in [6, 6.07) is 0. The smallest absolute Gasteiger partial charge is 0.235 e. The molecule has 1 atom stereocenters. The van der Waals surface area contributed by atoms with Gasteiger partial charge in [0.2, 0.25) is 5.91 Å². The van der Waals surface area contributed by atoms with E-state index in [1.807, 2.05) is 31.8 Å². The van der Waals surface area contributed by atoms with E-state index in [9.17, 15) is 4.79 Å². The molecule has 1 aliphatic rings. The first-order valence-corrected chi connectivity index (χ1v) is 7.07. The lowest BCUT2D eigenvalue weighted by atomic mass is 10.1. The van der Waals surface area contributed by atoms with Crippen LogP contribution in [0.3, 0.4) is 0 Å². The average molecular weight is 277 g/mol. The molecule has 3 rings (SSSR count). The first-order chi connectivity index (χ1) is 9.08. The maximum Gasteiger partial charge on any atom is 0.235 e. The number of aromatic amines is 1. The minimum Gasteiger partial charge on any atom is -0.308 e. The van der Waals surface area contributed by atoms with Crippen LogP contribution >= 0.6 is 11.8 Å². The van der Waals surface area contributed by atoms with Crippen molar-refractivity contribution in [1.29, 1.82) is 0 Å². The summed E-state index contributed by atoms with van der Waals surface area (Å²) < 4.78 is 1.85. The van der Waals surface area contributed by atoms with Gasteiger partial charge in [-0.25, -0.2) is 0 Å². The number of carbonyl (C=O) groups is 1. The zero-order valence-electron chi connectivity index (χ0n) is 11.0. The van der Waals surface area contributed by atoms with Crippen LogP contribution < -0.4 is 5.32 Å². The lowest BCUT2D eigenvalue weighted by molar-refractivity contribution is -0.113. The van der Waals surface area contributed by atoms with E-state index in [0.717, 1.165) is 22.5 Å². The number of H-pyrrole nitrogens is 1. The van der Waals surface area contributed by atoms with Crippen molar-refractivity contribution < 1.29 is 4.79 Å². The van der Waals surface area contributed by atoms with Crippen LogP contribution in [0.5, 0.6) is 0 Å². The molecule has 0 bridgehead atoms. The summed E-state index contributed by atoms with van der Waals surface area (Å²) in [6.45, 7) is 4.01. The molecule has 0 saturated heterocycles. The summed E-state index contributed by atoms with van der Waals surface area (Å²) in [7, 11) is 1.92. The highest BCUT2D eigenvalue weighted by atomic mass is 32.2. The number of anilines is 1. The Bertz CT molecular complexity index is 645. The van der Waals surface area contributed by atoms with E-state index in [1.165, 1.54) is 0 Å². The molecule has 2 aromatic rings. The number of fused-ring (bicyclic) bond motifs is 1. The summed E-state index contributed by atoms with van der Waals surface area (Å²) in [6.07, 6.45) is 1.87. The Balaban J connectivity index is 2.13. The van der Waals surface area contributed by atoms with Crippen LogP contribution in [0.15, 0.2) is 6.20 Å². The van der Waals surface area contributed by atoms with Gasteiger partial charge in [0.05, 0.1) is 17.2 Å². The zero-order chi connectivity index (χ0) is 13.6. The molecule has 0 radical (unpaired) electrons. The molecule has 0 fully saturated rings. The highest BCUT2D eigenvalue weighted by molar-refractivity contribution is 8.00. The molecular weight excluding hydrogens is 262 g/mol. The maximum atomic E-state index is 11.7. The number of hydrogen-bond donors (Lipinski definition) is 2. The van der Waals surface area contributed by atoms with Crippen molar-refractivity contribution in [3.63, 3.8) is 0 Å². The normalized spacial score (nSPS) is 18.9. The van der Waals surface area contributed by atoms with Crippen molar-refractivity contribution >= 4 is 23.5 Å². The lowest BCUT2D eigenvalue weighted by Crippen LogP contribution is -2.12. The van der Waals surface area contributed by atoms with Gasteiger partial charge in [-0.3, -0.25) is 14.6 Å². The Morgan fingerprint density at radius 2 is 2.26 bits per heavy atom. The number of amides is 1. The van der Waals surface area contributed by atoms with E-state index >= 15 is 0 Å². The Hall–Kier alpha value is -1.76. The molecule has 0 aliphatic carbocycles. The summed E-state index contributed by atoms with van der Waals surface area (Å²) in [5, 5.41) is 14.3. The summed E-state index contributed by atoms with van der Waals surface area (Å²) in [5.74, 6) is 1.05. The number of nitrogens with one attached hydrogen (secondary N) is 2. The second kappa shape index (κ2) is 4.41. The van der Waals surface area contributed by atoms with Gasteiger partial charge < -0.3 is 5.32 Å². The largest absolute Gasteiger partial charge is 0.308 e. The van der Waals surface area contributed by atoms with Crippen molar-refractivity contribution in [3.8, 4) is 0 Å². The van der Waals surface area contributed by atoms with Gasteiger partial charge in [-0.15, -0.1) is 11.8 Å². The van der Waals surface area contributed by atoms with E-state index in [4.69, 9.17) is 0 Å². The van der Waals surface area contributed by atoms with Crippen LogP contribution in [-0.2, 0) is 11.8 Å². The number of nitrogens with zero attached hydrogens (tertiary/aromatic N) is 3. The van der Waals surface area contributed by atoms with Crippen molar-refractivity contribution in [2.45, 2.75) is 19.1 Å². The van der Waals surface area contributed by atoms with Crippen molar-refractivity contribution in [1.82, 2.24) is 20.0 Å². The predicted molar refractivity (Wildman–Crippen MR) is 74.2 cm³/mol. The topological polar surface area (TPSA) is 75.6 Å². The van der Waals surface area contributed by atoms with Crippen LogP contribution in [0.4, 0.5) is 5.82 Å². The quantitative estimate of drug-likeness (QED) is 0.829. The Labute approximate surface area is 115 Å². The zero-order valence-corrected chi connectivity index (χ0v) is 11.8. The second-order valence-corrected chi connectivity index (χ2v) is 5.75. The van der Waals surface area contributed by atoms with E-state index in [2.05, 4.69) is 20.6 Å². The van der Waals surface area contributed by atoms with Crippen LogP contribution in [0.2, 0.25) is 0 Å². The monoisotopic (exact) mass is 277 g/mol. The molecule has 1 unspecified atom stereocenters. The summed E-state index contributed by atoms with van der Waals surface area (Å²) >= 11 is 1.61. The molecule has 2 aromatic heterocycles. The third-order valence-corrected chi connectivity index (χ3v) is 4.70. The van der Waals surface area contributed by atoms with Gasteiger partial charge in [-0.2, -0.15) is 10.2 Å². The standard InChI is InChI=1S/C12H15N5OS/c1-6-10-11(8-4-13-17(3)7(8)2)19-5-9(18)14-12(10)16-15-6/h4,11H,5H2,1-3H3,(H2,14,15,16,18). The van der Waals surface area contributed by atoms with Crippen molar-refractivity contribution in [2.24, 2.45) is 7.05 Å². The predicted octanol–water partition coefficient (Wildman–Crippen LogP) is 1.53. The fourth-order valence-corrected chi connectivity index (χ4v) is 3.54. The number of rotatable bonds is 1. The minimum absolute atomic E-state index is 0.0122. The molecule has 7 heteroatoms. The molecule has 0 aromatic carbocycles. The third kappa shape index (κ3) is 1.94. The SMILES string of the molecule is Cc1[nH]nc2c1C(c1cnn(C)c1C)SCC(=O)N2. The van der Waals surface area contributed by atoms with Gasteiger partial charge in [-0.05, 0) is 13.8 Å². The molecule has 3 heterocycles. The lowest BCUT2D eigenvalue weighted by Gasteiger charge is -2.14. The Morgan fingerprint density at radius 3 is 2.95 bits per heavy atom. The average Bonchev–Trinajstić information content (AvgIpc) is 2.82. The fourth-order valence-electron chi connectivity index (χ4n) is 2.28. The highest BCUT2D eigenvalue weighted by Crippen LogP contribution is 2.42. The molecule has 0 spiro atoms. The molecule has 1 aliphatic heterocycles. The molecule has 19 heavy (non-hydrogen) atoms. The van der Waals surface area contributed by atoms with Crippen LogP contribution in [0.1, 0.15) is 27.8 Å². The second-order valence-electron chi connectivity index (χ2n) is 4.66. The van der Waals surface area contributed by atoms with E-state index < -0.39 is 0 Å². The van der Waals surface area contributed by atoms with Crippen molar-refractivity contribution in [3.05, 3.63) is 28.7 Å². The summed E-state index contributed by atoms with van der Waals surface area (Å²) in [4.78, 5) is 11.7. The Kier molecular flexibility index (Phi) is 2.85. The number of aryl methyl sites for hydroxylation is 2. The van der Waals surface area contributed by atoms with Gasteiger partial charge in [0.25, 0.3) is 0 Å². The first-order valence-electron chi connectivity index (χ1n) is 6.02. The number of aromatic nitrogens is 4. The van der Waals surface area contributed by atoms with Gasteiger partial charge in [-0.1, -0.05) is 0 Å².